The van der Waals surface area contributed by atoms with E-state index in [9.17, 15) is 19.5 Å². The minimum absolute atomic E-state index is 0.0265. The lowest BCUT2D eigenvalue weighted by Gasteiger charge is -2.42. The summed E-state index contributed by atoms with van der Waals surface area (Å²) in [6, 6.07) is 5.62. The number of hydrogen-bond donors (Lipinski definition) is 2. The van der Waals surface area contributed by atoms with Gasteiger partial charge in [0, 0.05) is 51.6 Å². The molecule has 1 aromatic rings. The molecule has 45 heavy (non-hydrogen) atoms. The Hall–Kier alpha value is -2.73. The summed E-state index contributed by atoms with van der Waals surface area (Å²) < 4.78 is 17.2. The quantitative estimate of drug-likeness (QED) is 0.249. The van der Waals surface area contributed by atoms with Gasteiger partial charge in [-0.1, -0.05) is 13.8 Å². The van der Waals surface area contributed by atoms with Gasteiger partial charge in [-0.25, -0.2) is 0 Å². The van der Waals surface area contributed by atoms with Gasteiger partial charge in [0.05, 0.1) is 23.1 Å². The normalized spacial score (nSPS) is 22.5. The number of methoxy groups -OCH3 is 1. The molecule has 2 heterocycles. The van der Waals surface area contributed by atoms with E-state index in [0.29, 0.717) is 62.1 Å². The minimum Gasteiger partial charge on any atom is -0.476 e. The first-order valence-corrected chi connectivity index (χ1v) is 16.5. The van der Waals surface area contributed by atoms with Crippen LogP contribution in [0.2, 0.25) is 0 Å². The summed E-state index contributed by atoms with van der Waals surface area (Å²) in [5.41, 5.74) is -0.304. The lowest BCUT2D eigenvalue weighted by Crippen LogP contribution is -2.55. The van der Waals surface area contributed by atoms with E-state index in [4.69, 9.17) is 14.2 Å². The van der Waals surface area contributed by atoms with Crippen LogP contribution in [0.4, 0.5) is 11.4 Å². The number of benzene rings is 1. The molecule has 1 aromatic carbocycles. The molecule has 0 spiro atoms. The van der Waals surface area contributed by atoms with Crippen molar-refractivity contribution in [3.05, 3.63) is 18.2 Å². The van der Waals surface area contributed by atoms with Crippen molar-refractivity contribution in [1.82, 2.24) is 10.2 Å². The molecule has 252 valence electrons. The lowest BCUT2D eigenvalue weighted by atomic mass is 9.87. The van der Waals surface area contributed by atoms with Crippen molar-refractivity contribution < 1.29 is 33.7 Å². The van der Waals surface area contributed by atoms with E-state index >= 15 is 0 Å². The van der Waals surface area contributed by atoms with E-state index in [2.05, 4.69) is 19.2 Å². The number of aliphatic hydroxyl groups is 1. The van der Waals surface area contributed by atoms with E-state index in [1.807, 2.05) is 43.9 Å². The number of nitrogens with one attached hydrogen (secondary N) is 1. The molecule has 0 aromatic heterocycles. The van der Waals surface area contributed by atoms with E-state index in [1.54, 1.807) is 30.8 Å². The Bertz CT molecular complexity index is 1210. The largest absolute Gasteiger partial charge is 0.476 e. The molecule has 3 aliphatic rings. The van der Waals surface area contributed by atoms with Gasteiger partial charge in [-0.2, -0.15) is 0 Å². The zero-order chi connectivity index (χ0) is 33.1. The zero-order valence-corrected chi connectivity index (χ0v) is 28.4. The topological polar surface area (TPSA) is 121 Å². The predicted octanol–water partition coefficient (Wildman–Crippen LogP) is 3.91. The molecule has 1 unspecified atom stereocenters. The summed E-state index contributed by atoms with van der Waals surface area (Å²) in [6.07, 6.45) is 2.38. The van der Waals surface area contributed by atoms with Crippen LogP contribution >= 0.6 is 0 Å². The first kappa shape index (κ1) is 35.1. The van der Waals surface area contributed by atoms with Gasteiger partial charge in [0.15, 0.2) is 5.60 Å². The van der Waals surface area contributed by atoms with Crippen LogP contribution in [0, 0.1) is 17.8 Å². The zero-order valence-electron chi connectivity index (χ0n) is 28.4. The van der Waals surface area contributed by atoms with Crippen molar-refractivity contribution >= 4 is 29.1 Å². The Morgan fingerprint density at radius 3 is 2.49 bits per heavy atom. The highest BCUT2D eigenvalue weighted by Crippen LogP contribution is 2.43. The fourth-order valence-electron chi connectivity index (χ4n) is 6.04. The van der Waals surface area contributed by atoms with Crippen LogP contribution in [-0.4, -0.2) is 91.3 Å². The van der Waals surface area contributed by atoms with Crippen molar-refractivity contribution in [3.8, 4) is 5.75 Å². The van der Waals surface area contributed by atoms with E-state index < -0.39 is 29.5 Å². The molecule has 2 aliphatic heterocycles. The van der Waals surface area contributed by atoms with Crippen molar-refractivity contribution in [2.45, 2.75) is 104 Å². The maximum absolute atomic E-state index is 14.4. The smallest absolute Gasteiger partial charge is 0.270 e. The molecule has 0 radical (unpaired) electrons. The summed E-state index contributed by atoms with van der Waals surface area (Å²) in [4.78, 5) is 46.5. The number of hydrogen-bond acceptors (Lipinski definition) is 8. The summed E-state index contributed by atoms with van der Waals surface area (Å²) in [7, 11) is 1.64. The monoisotopic (exact) mass is 630 g/mol. The van der Waals surface area contributed by atoms with Crippen molar-refractivity contribution in [2.75, 3.05) is 49.7 Å². The van der Waals surface area contributed by atoms with Crippen LogP contribution in [0.5, 0.6) is 5.75 Å². The van der Waals surface area contributed by atoms with Crippen LogP contribution in [0.3, 0.4) is 0 Å². The number of amides is 3. The molecule has 1 aliphatic carbocycles. The molecular formula is C34H54N4O7. The Labute approximate surface area is 268 Å². The molecule has 11 nitrogen and oxygen atoms in total. The van der Waals surface area contributed by atoms with Gasteiger partial charge in [0.1, 0.15) is 5.75 Å². The van der Waals surface area contributed by atoms with E-state index in [1.165, 1.54) is 0 Å². The SMILES string of the molecule is COCCCN1C(=O)C(C)(C)Oc2ccc(N(C(=O)[C@H]3C[C@@H](C(=O)NCCC(C)C)CN(C(O)OC(C)(C)C)C3)C3CC3)cc21. The van der Waals surface area contributed by atoms with Crippen LogP contribution in [0.25, 0.3) is 0 Å². The molecule has 11 heteroatoms. The number of ether oxygens (including phenoxy) is 3. The number of carbonyl (C=O) groups excluding carboxylic acids is 3. The third-order valence-corrected chi connectivity index (χ3v) is 8.51. The Morgan fingerprint density at radius 1 is 1.18 bits per heavy atom. The highest BCUT2D eigenvalue weighted by Gasteiger charge is 2.45. The molecule has 3 amide bonds. The average molecular weight is 631 g/mol. The first-order valence-electron chi connectivity index (χ1n) is 16.5. The van der Waals surface area contributed by atoms with Gasteiger partial charge in [0.2, 0.25) is 18.2 Å². The van der Waals surface area contributed by atoms with Gasteiger partial charge in [-0.15, -0.1) is 0 Å². The lowest BCUT2D eigenvalue weighted by molar-refractivity contribution is -0.247. The fourth-order valence-corrected chi connectivity index (χ4v) is 6.04. The standard InChI is InChI=1S/C34H54N4O7/c1-22(2)14-15-35-29(39)23-18-24(21-36(20-23)32(42)45-33(3,4)5)30(40)38(25-10-11-25)26-12-13-28-27(19-26)37(16-9-17-43-8)31(41)34(6,7)44-28/h12-13,19,22-25,32,42H,9-11,14-18,20-21H2,1-8H3,(H,35,39)/t23-,24+,32?/m1/s1. The molecule has 1 saturated heterocycles. The Morgan fingerprint density at radius 2 is 1.87 bits per heavy atom. The van der Waals surface area contributed by atoms with Crippen LogP contribution in [0.15, 0.2) is 18.2 Å². The molecule has 3 atom stereocenters. The number of nitrogens with zero attached hydrogens (tertiary/aromatic N) is 3. The molecule has 1 saturated carbocycles. The second-order valence-electron chi connectivity index (χ2n) is 14.6. The minimum atomic E-state index is -1.25. The van der Waals surface area contributed by atoms with E-state index in [-0.39, 0.29) is 30.3 Å². The van der Waals surface area contributed by atoms with Gasteiger partial charge in [-0.05, 0) is 90.8 Å². The second-order valence-corrected chi connectivity index (χ2v) is 14.6. The third-order valence-electron chi connectivity index (χ3n) is 8.51. The summed E-state index contributed by atoms with van der Waals surface area (Å²) in [5, 5.41) is 14.1. The first-order chi connectivity index (χ1) is 21.1. The summed E-state index contributed by atoms with van der Waals surface area (Å²) >= 11 is 0. The number of fused-ring (bicyclic) bond motifs is 1. The van der Waals surface area contributed by atoms with Crippen LogP contribution in [-0.2, 0) is 23.9 Å². The number of piperidine rings is 1. The van der Waals surface area contributed by atoms with Gasteiger partial charge in [0.25, 0.3) is 5.91 Å². The van der Waals surface area contributed by atoms with Crippen LogP contribution in [0.1, 0.15) is 80.6 Å². The molecular weight excluding hydrogens is 576 g/mol. The third kappa shape index (κ3) is 8.96. The fraction of sp³-hybridized carbons (Fsp3) is 0.735. The van der Waals surface area contributed by atoms with Gasteiger partial charge < -0.3 is 34.4 Å². The van der Waals surface area contributed by atoms with Crippen molar-refractivity contribution in [1.29, 1.82) is 0 Å². The van der Waals surface area contributed by atoms with Crippen molar-refractivity contribution in [2.24, 2.45) is 17.8 Å². The maximum atomic E-state index is 14.4. The number of aliphatic hydroxyl groups excluding tert-OH is 1. The molecule has 2 N–H and O–H groups in total. The van der Waals surface area contributed by atoms with Crippen LogP contribution < -0.4 is 19.9 Å². The summed E-state index contributed by atoms with van der Waals surface area (Å²) in [5.74, 6) is -0.326. The predicted molar refractivity (Wildman–Crippen MR) is 173 cm³/mol. The number of rotatable bonds is 13. The average Bonchev–Trinajstić information content (AvgIpc) is 3.79. The van der Waals surface area contributed by atoms with E-state index in [0.717, 1.165) is 19.3 Å². The number of likely N-dealkylation sites (tertiary alicyclic amines) is 1. The highest BCUT2D eigenvalue weighted by molar-refractivity contribution is 6.04. The maximum Gasteiger partial charge on any atom is 0.270 e. The molecule has 4 rings (SSSR count). The summed E-state index contributed by atoms with van der Waals surface area (Å²) in [6.45, 7) is 15.4. The highest BCUT2D eigenvalue weighted by atomic mass is 16.6. The molecule has 2 fully saturated rings. The van der Waals surface area contributed by atoms with Gasteiger partial charge >= 0.3 is 0 Å². The number of anilines is 2. The van der Waals surface area contributed by atoms with Gasteiger partial charge in [-0.3, -0.25) is 19.3 Å². The number of carbonyl (C=O) groups is 3. The Kier molecular flexibility index (Phi) is 11.2. The molecule has 0 bridgehead atoms. The Balaban J connectivity index is 1.62. The van der Waals surface area contributed by atoms with Crippen molar-refractivity contribution in [3.63, 3.8) is 0 Å². The second kappa shape index (κ2) is 14.4.